The summed E-state index contributed by atoms with van der Waals surface area (Å²) in [5.74, 6) is -1.42. The molecular formula is C24H18N2O5. The van der Waals surface area contributed by atoms with E-state index in [4.69, 9.17) is 0 Å². The van der Waals surface area contributed by atoms with Gasteiger partial charge in [-0.05, 0) is 59.3 Å². The summed E-state index contributed by atoms with van der Waals surface area (Å²) in [7, 11) is 0. The number of amides is 2. The number of aromatic hydroxyl groups is 3. The van der Waals surface area contributed by atoms with Crippen molar-refractivity contribution in [2.24, 2.45) is 0 Å². The largest absolute Gasteiger partial charge is 0.507 e. The first-order chi connectivity index (χ1) is 14.9. The molecule has 0 spiro atoms. The molecule has 0 fully saturated rings. The Morgan fingerprint density at radius 2 is 1.16 bits per heavy atom. The fraction of sp³-hybridized carbons (Fsp3) is 0. The van der Waals surface area contributed by atoms with Crippen LogP contribution in [0.3, 0.4) is 0 Å². The molecule has 0 aliphatic rings. The second-order valence-electron chi connectivity index (χ2n) is 6.87. The van der Waals surface area contributed by atoms with Gasteiger partial charge in [0.05, 0.1) is 16.9 Å². The maximum Gasteiger partial charge on any atom is 0.259 e. The molecule has 154 valence electrons. The third kappa shape index (κ3) is 4.11. The van der Waals surface area contributed by atoms with Gasteiger partial charge in [-0.3, -0.25) is 9.59 Å². The summed E-state index contributed by atoms with van der Waals surface area (Å²) in [6.07, 6.45) is 0. The molecular weight excluding hydrogens is 396 g/mol. The zero-order valence-electron chi connectivity index (χ0n) is 16.2. The second kappa shape index (κ2) is 8.08. The minimum atomic E-state index is -0.607. The molecule has 5 N–H and O–H groups in total. The second-order valence-corrected chi connectivity index (χ2v) is 6.87. The lowest BCUT2D eigenvalue weighted by Gasteiger charge is -2.11. The highest BCUT2D eigenvalue weighted by Gasteiger charge is 2.16. The number of phenolic OH excluding ortho intramolecular Hbond substituents is 3. The normalized spacial score (nSPS) is 10.6. The van der Waals surface area contributed by atoms with Crippen LogP contribution in [0.2, 0.25) is 0 Å². The number of nitrogens with one attached hydrogen (secondary N) is 2. The van der Waals surface area contributed by atoms with Crippen molar-refractivity contribution in [3.63, 3.8) is 0 Å². The summed E-state index contributed by atoms with van der Waals surface area (Å²) >= 11 is 0. The summed E-state index contributed by atoms with van der Waals surface area (Å²) in [5, 5.41) is 36.4. The van der Waals surface area contributed by atoms with E-state index in [2.05, 4.69) is 10.6 Å². The molecule has 0 aliphatic carbocycles. The average Bonchev–Trinajstić information content (AvgIpc) is 2.76. The number of rotatable bonds is 4. The number of para-hydroxylation sites is 4. The van der Waals surface area contributed by atoms with Gasteiger partial charge in [0, 0.05) is 5.56 Å². The number of fused-ring (bicyclic) bond motifs is 1. The Kier molecular flexibility index (Phi) is 5.15. The van der Waals surface area contributed by atoms with Crippen molar-refractivity contribution in [2.45, 2.75) is 0 Å². The molecule has 0 heterocycles. The standard InChI is InChI=1S/C24H18N2O5/c27-20-7-3-1-5-18(20)25-23(30)15-10-9-14-13-22(29)17(12-16(14)11-15)24(31)26-19-6-2-4-8-21(19)28/h1-13,27-29H,(H,25,30)(H,26,31). The van der Waals surface area contributed by atoms with Crippen LogP contribution in [0, 0.1) is 0 Å². The Hall–Kier alpha value is -4.52. The zero-order chi connectivity index (χ0) is 22.0. The first-order valence-corrected chi connectivity index (χ1v) is 9.38. The highest BCUT2D eigenvalue weighted by Crippen LogP contribution is 2.29. The van der Waals surface area contributed by atoms with Gasteiger partial charge in [0.1, 0.15) is 17.2 Å². The van der Waals surface area contributed by atoms with E-state index in [1.54, 1.807) is 48.5 Å². The van der Waals surface area contributed by atoms with E-state index in [1.165, 1.54) is 30.3 Å². The number of phenols is 3. The number of carbonyl (C=O) groups excluding carboxylic acids is 2. The molecule has 7 heteroatoms. The molecule has 4 aromatic carbocycles. The van der Waals surface area contributed by atoms with Gasteiger partial charge >= 0.3 is 0 Å². The predicted molar refractivity (Wildman–Crippen MR) is 118 cm³/mol. The van der Waals surface area contributed by atoms with E-state index in [-0.39, 0.29) is 34.2 Å². The first kappa shape index (κ1) is 19.8. The van der Waals surface area contributed by atoms with Crippen LogP contribution in [0.4, 0.5) is 11.4 Å². The van der Waals surface area contributed by atoms with E-state index in [9.17, 15) is 24.9 Å². The van der Waals surface area contributed by atoms with Crippen LogP contribution >= 0.6 is 0 Å². The lowest BCUT2D eigenvalue weighted by Crippen LogP contribution is -2.13. The molecule has 0 aliphatic heterocycles. The van der Waals surface area contributed by atoms with E-state index in [0.29, 0.717) is 16.3 Å². The SMILES string of the molecule is O=C(Nc1ccccc1O)c1ccc2cc(O)c(C(=O)Nc3ccccc3O)cc2c1. The quantitative estimate of drug-likeness (QED) is 0.316. The predicted octanol–water partition coefficient (Wildman–Crippen LogP) is 4.46. The van der Waals surface area contributed by atoms with Crippen LogP contribution in [0.5, 0.6) is 17.2 Å². The van der Waals surface area contributed by atoms with Gasteiger partial charge in [-0.1, -0.05) is 30.3 Å². The van der Waals surface area contributed by atoms with Gasteiger partial charge in [0.2, 0.25) is 0 Å². The average molecular weight is 414 g/mol. The van der Waals surface area contributed by atoms with Crippen molar-refractivity contribution in [3.8, 4) is 17.2 Å². The van der Waals surface area contributed by atoms with Crippen molar-refractivity contribution in [2.75, 3.05) is 10.6 Å². The first-order valence-electron chi connectivity index (χ1n) is 9.38. The number of carbonyl (C=O) groups is 2. The summed E-state index contributed by atoms with van der Waals surface area (Å²) < 4.78 is 0. The van der Waals surface area contributed by atoms with E-state index in [1.807, 2.05) is 0 Å². The number of benzene rings is 4. The molecule has 31 heavy (non-hydrogen) atoms. The fourth-order valence-corrected chi connectivity index (χ4v) is 3.15. The van der Waals surface area contributed by atoms with E-state index < -0.39 is 11.8 Å². The summed E-state index contributed by atoms with van der Waals surface area (Å²) in [4.78, 5) is 25.2. The van der Waals surface area contributed by atoms with Gasteiger partial charge in [0.25, 0.3) is 11.8 Å². The van der Waals surface area contributed by atoms with Gasteiger partial charge < -0.3 is 26.0 Å². The molecule has 2 amide bonds. The topological polar surface area (TPSA) is 119 Å². The molecule has 0 saturated heterocycles. The van der Waals surface area contributed by atoms with E-state index >= 15 is 0 Å². The fourth-order valence-electron chi connectivity index (χ4n) is 3.15. The minimum Gasteiger partial charge on any atom is -0.507 e. The van der Waals surface area contributed by atoms with Crippen LogP contribution in [0.15, 0.2) is 78.9 Å². The van der Waals surface area contributed by atoms with E-state index in [0.717, 1.165) is 0 Å². The molecule has 0 radical (unpaired) electrons. The highest BCUT2D eigenvalue weighted by molar-refractivity contribution is 6.11. The maximum atomic E-state index is 12.6. The Labute approximate surface area is 177 Å². The van der Waals surface area contributed by atoms with Crippen LogP contribution in [-0.2, 0) is 0 Å². The minimum absolute atomic E-state index is 0.00554. The van der Waals surface area contributed by atoms with Crippen molar-refractivity contribution >= 4 is 34.0 Å². The number of hydrogen-bond acceptors (Lipinski definition) is 5. The van der Waals surface area contributed by atoms with Gasteiger partial charge in [-0.2, -0.15) is 0 Å². The summed E-state index contributed by atoms with van der Waals surface area (Å²) in [5.41, 5.74) is 0.798. The molecule has 0 bridgehead atoms. The summed E-state index contributed by atoms with van der Waals surface area (Å²) in [6.45, 7) is 0. The molecule has 4 rings (SSSR count). The number of hydrogen-bond donors (Lipinski definition) is 5. The lowest BCUT2D eigenvalue weighted by molar-refractivity contribution is 0.101. The molecule has 0 saturated carbocycles. The van der Waals surface area contributed by atoms with Crippen LogP contribution < -0.4 is 10.6 Å². The Bertz CT molecular complexity index is 1320. The van der Waals surface area contributed by atoms with Gasteiger partial charge in [-0.25, -0.2) is 0 Å². The number of anilines is 2. The smallest absolute Gasteiger partial charge is 0.259 e. The van der Waals surface area contributed by atoms with Crippen molar-refractivity contribution in [1.29, 1.82) is 0 Å². The molecule has 4 aromatic rings. The monoisotopic (exact) mass is 414 g/mol. The lowest BCUT2D eigenvalue weighted by atomic mass is 10.0. The molecule has 0 aromatic heterocycles. The Morgan fingerprint density at radius 3 is 1.77 bits per heavy atom. The van der Waals surface area contributed by atoms with Crippen LogP contribution in [-0.4, -0.2) is 27.1 Å². The molecule has 0 unspecified atom stereocenters. The van der Waals surface area contributed by atoms with Crippen molar-refractivity contribution in [1.82, 2.24) is 0 Å². The van der Waals surface area contributed by atoms with Crippen molar-refractivity contribution in [3.05, 3.63) is 90.0 Å². The molecule has 7 nitrogen and oxygen atoms in total. The summed E-state index contributed by atoms with van der Waals surface area (Å²) in [6, 6.07) is 20.4. The van der Waals surface area contributed by atoms with Gasteiger partial charge in [0.15, 0.2) is 0 Å². The molecule has 0 atom stereocenters. The Morgan fingerprint density at radius 1 is 0.581 bits per heavy atom. The third-order valence-corrected chi connectivity index (χ3v) is 4.77. The van der Waals surface area contributed by atoms with Gasteiger partial charge in [-0.15, -0.1) is 0 Å². The van der Waals surface area contributed by atoms with Crippen LogP contribution in [0.1, 0.15) is 20.7 Å². The maximum absolute atomic E-state index is 12.6. The van der Waals surface area contributed by atoms with Crippen LogP contribution in [0.25, 0.3) is 10.8 Å². The Balaban J connectivity index is 1.64. The third-order valence-electron chi connectivity index (χ3n) is 4.77. The van der Waals surface area contributed by atoms with Crippen molar-refractivity contribution < 1.29 is 24.9 Å². The zero-order valence-corrected chi connectivity index (χ0v) is 16.2. The highest BCUT2D eigenvalue weighted by atomic mass is 16.3.